The quantitative estimate of drug-likeness (QED) is 0.561. The molecule has 0 bridgehead atoms. The van der Waals surface area contributed by atoms with Gasteiger partial charge in [0, 0.05) is 19.3 Å². The molecule has 0 aromatic carbocycles. The Hall–Kier alpha value is -0.350. The van der Waals surface area contributed by atoms with Crippen molar-refractivity contribution in [2.24, 2.45) is 0 Å². The summed E-state index contributed by atoms with van der Waals surface area (Å²) in [5, 5.41) is 3.11. The van der Waals surface area contributed by atoms with Crippen LogP contribution in [0.2, 0.25) is 0 Å². The van der Waals surface area contributed by atoms with Crippen molar-refractivity contribution in [2.45, 2.75) is 32.4 Å². The zero-order valence-electron chi connectivity index (χ0n) is 9.72. The number of rotatable bonds is 5. The summed E-state index contributed by atoms with van der Waals surface area (Å²) >= 11 is 0. The second-order valence-corrected chi connectivity index (χ2v) is 7.09. The van der Waals surface area contributed by atoms with Crippen molar-refractivity contribution >= 4 is 9.84 Å². The molecule has 84 valence electrons. The Morgan fingerprint density at radius 3 is 2.21 bits per heavy atom. The lowest BCUT2D eigenvalue weighted by Crippen LogP contribution is -2.41. The van der Waals surface area contributed by atoms with E-state index in [1.165, 1.54) is 11.8 Å². The number of nitrogens with one attached hydrogen (secondary N) is 1. The average Bonchev–Trinajstić information content (AvgIpc) is 1.95. The Morgan fingerprint density at radius 1 is 1.36 bits per heavy atom. The number of allylic oxidation sites excluding steroid dienone is 1. The van der Waals surface area contributed by atoms with Gasteiger partial charge in [-0.1, -0.05) is 11.6 Å². The maximum atomic E-state index is 11.3. The van der Waals surface area contributed by atoms with E-state index in [1.807, 2.05) is 19.9 Å². The molecule has 0 fully saturated rings. The zero-order chi connectivity index (χ0) is 11.4. The molecular weight excluding hydrogens is 198 g/mol. The van der Waals surface area contributed by atoms with Crippen molar-refractivity contribution in [2.75, 3.05) is 19.3 Å². The number of hydrogen-bond acceptors (Lipinski definition) is 3. The molecule has 0 rings (SSSR count). The molecule has 0 radical (unpaired) electrons. The van der Waals surface area contributed by atoms with E-state index in [1.54, 1.807) is 13.8 Å². The van der Waals surface area contributed by atoms with Gasteiger partial charge in [-0.3, -0.25) is 0 Å². The van der Waals surface area contributed by atoms with Crippen LogP contribution in [0.25, 0.3) is 0 Å². The van der Waals surface area contributed by atoms with Gasteiger partial charge >= 0.3 is 0 Å². The first-order valence-corrected chi connectivity index (χ1v) is 6.59. The lowest BCUT2D eigenvalue weighted by molar-refractivity contribution is 0.531. The smallest absolute Gasteiger partial charge is 0.153 e. The monoisotopic (exact) mass is 219 g/mol. The van der Waals surface area contributed by atoms with E-state index >= 15 is 0 Å². The van der Waals surface area contributed by atoms with E-state index in [9.17, 15) is 8.42 Å². The van der Waals surface area contributed by atoms with E-state index in [-0.39, 0.29) is 0 Å². The van der Waals surface area contributed by atoms with Gasteiger partial charge in [0.2, 0.25) is 0 Å². The van der Waals surface area contributed by atoms with Gasteiger partial charge in [-0.05, 0) is 27.7 Å². The molecule has 0 aliphatic heterocycles. The second kappa shape index (κ2) is 4.94. The van der Waals surface area contributed by atoms with Crippen LogP contribution in [0.4, 0.5) is 0 Å². The average molecular weight is 219 g/mol. The molecular formula is C10H21NO2S. The molecule has 0 aromatic rings. The summed E-state index contributed by atoms with van der Waals surface area (Å²) in [5.74, 6) is 0. The van der Waals surface area contributed by atoms with Crippen molar-refractivity contribution in [1.29, 1.82) is 0 Å². The first kappa shape index (κ1) is 13.7. The minimum absolute atomic E-state index is 0.482. The molecule has 0 heterocycles. The molecule has 0 atom stereocenters. The van der Waals surface area contributed by atoms with Gasteiger partial charge in [-0.25, -0.2) is 8.42 Å². The Bertz CT molecular complexity index is 298. The van der Waals surface area contributed by atoms with Gasteiger partial charge in [0.25, 0.3) is 0 Å². The third kappa shape index (κ3) is 4.77. The summed E-state index contributed by atoms with van der Waals surface area (Å²) in [4.78, 5) is 0. The maximum Gasteiger partial charge on any atom is 0.153 e. The predicted octanol–water partition coefficient (Wildman–Crippen LogP) is 1.37. The van der Waals surface area contributed by atoms with Crippen LogP contribution in [0.1, 0.15) is 27.7 Å². The van der Waals surface area contributed by atoms with Crippen LogP contribution in [0, 0.1) is 0 Å². The zero-order valence-corrected chi connectivity index (χ0v) is 10.5. The van der Waals surface area contributed by atoms with Gasteiger partial charge in [-0.2, -0.15) is 0 Å². The summed E-state index contributed by atoms with van der Waals surface area (Å²) in [6.45, 7) is 8.71. The van der Waals surface area contributed by atoms with Crippen LogP contribution in [0.3, 0.4) is 0 Å². The molecule has 0 aliphatic rings. The molecule has 0 spiro atoms. The minimum atomic E-state index is -2.99. The van der Waals surface area contributed by atoms with Gasteiger partial charge in [-0.15, -0.1) is 0 Å². The molecule has 14 heavy (non-hydrogen) atoms. The third-order valence-corrected chi connectivity index (χ3v) is 4.36. The topological polar surface area (TPSA) is 46.2 Å². The van der Waals surface area contributed by atoms with Crippen LogP contribution >= 0.6 is 0 Å². The molecule has 0 aromatic heterocycles. The lowest BCUT2D eigenvalue weighted by Gasteiger charge is -2.22. The molecule has 0 amide bonds. The van der Waals surface area contributed by atoms with E-state index in [0.29, 0.717) is 6.54 Å². The van der Waals surface area contributed by atoms with Crippen molar-refractivity contribution in [3.05, 3.63) is 11.6 Å². The van der Waals surface area contributed by atoms with E-state index in [4.69, 9.17) is 0 Å². The summed E-state index contributed by atoms with van der Waals surface area (Å²) in [7, 11) is -2.99. The Morgan fingerprint density at radius 2 is 1.86 bits per heavy atom. The Balaban J connectivity index is 4.09. The fourth-order valence-corrected chi connectivity index (χ4v) is 1.14. The van der Waals surface area contributed by atoms with Crippen LogP contribution in [0.15, 0.2) is 11.6 Å². The van der Waals surface area contributed by atoms with E-state index in [0.717, 1.165) is 6.54 Å². The highest BCUT2D eigenvalue weighted by Crippen LogP contribution is 2.13. The van der Waals surface area contributed by atoms with Crippen LogP contribution in [0.5, 0.6) is 0 Å². The summed E-state index contributed by atoms with van der Waals surface area (Å²) in [6, 6.07) is 0. The van der Waals surface area contributed by atoms with Crippen molar-refractivity contribution in [3.8, 4) is 0 Å². The van der Waals surface area contributed by atoms with Crippen molar-refractivity contribution in [1.82, 2.24) is 5.32 Å². The van der Waals surface area contributed by atoms with Crippen molar-refractivity contribution in [3.63, 3.8) is 0 Å². The van der Waals surface area contributed by atoms with Gasteiger partial charge in [0.1, 0.15) is 0 Å². The maximum absolute atomic E-state index is 11.3. The largest absolute Gasteiger partial charge is 0.312 e. The number of sulfone groups is 1. The van der Waals surface area contributed by atoms with Crippen LogP contribution in [-0.4, -0.2) is 32.5 Å². The fraction of sp³-hybridized carbons (Fsp3) is 0.800. The standard InChI is InChI=1S/C10H21NO2S/c1-9(2)6-7-11-8-10(3,4)14(5,12)13/h6,11H,7-8H2,1-5H3. The SMILES string of the molecule is CC(C)=CCNCC(C)(C)S(C)(=O)=O. The molecule has 1 N–H and O–H groups in total. The van der Waals surface area contributed by atoms with E-state index < -0.39 is 14.6 Å². The highest BCUT2D eigenvalue weighted by molar-refractivity contribution is 7.92. The van der Waals surface area contributed by atoms with Gasteiger partial charge in [0.05, 0.1) is 4.75 Å². The van der Waals surface area contributed by atoms with Gasteiger partial charge < -0.3 is 5.32 Å². The molecule has 4 heteroatoms. The summed E-state index contributed by atoms with van der Waals surface area (Å²) in [6.07, 6.45) is 3.31. The Labute approximate surface area is 87.5 Å². The number of hydrogen-bond donors (Lipinski definition) is 1. The summed E-state index contributed by atoms with van der Waals surface area (Å²) < 4.78 is 22.0. The van der Waals surface area contributed by atoms with Crippen LogP contribution < -0.4 is 5.32 Å². The highest BCUT2D eigenvalue weighted by Gasteiger charge is 2.29. The molecule has 0 unspecified atom stereocenters. The fourth-order valence-electron chi connectivity index (χ4n) is 0.781. The molecule has 0 saturated carbocycles. The molecule has 3 nitrogen and oxygen atoms in total. The first-order valence-electron chi connectivity index (χ1n) is 4.70. The normalized spacial score (nSPS) is 12.6. The van der Waals surface area contributed by atoms with Crippen LogP contribution in [-0.2, 0) is 9.84 Å². The predicted molar refractivity (Wildman–Crippen MR) is 61.2 cm³/mol. The second-order valence-electron chi connectivity index (χ2n) is 4.44. The molecule has 0 saturated heterocycles. The third-order valence-electron chi connectivity index (χ3n) is 2.21. The Kier molecular flexibility index (Phi) is 4.81. The first-order chi connectivity index (χ1) is 6.17. The highest BCUT2D eigenvalue weighted by atomic mass is 32.2. The summed E-state index contributed by atoms with van der Waals surface area (Å²) in [5.41, 5.74) is 1.23. The van der Waals surface area contributed by atoms with E-state index in [2.05, 4.69) is 5.32 Å². The minimum Gasteiger partial charge on any atom is -0.312 e. The lowest BCUT2D eigenvalue weighted by atomic mass is 10.2. The molecule has 0 aliphatic carbocycles. The van der Waals surface area contributed by atoms with Crippen molar-refractivity contribution < 1.29 is 8.42 Å². The van der Waals surface area contributed by atoms with Gasteiger partial charge in [0.15, 0.2) is 9.84 Å².